The summed E-state index contributed by atoms with van der Waals surface area (Å²) in [6, 6.07) is 4.61. The first-order valence-corrected chi connectivity index (χ1v) is 6.68. The molecule has 0 radical (unpaired) electrons. The molecule has 0 amide bonds. The first-order valence-electron chi connectivity index (χ1n) is 5.89. The molecule has 0 saturated carbocycles. The van der Waals surface area contributed by atoms with Crippen LogP contribution < -0.4 is 14.8 Å². The first-order chi connectivity index (χ1) is 8.08. The van der Waals surface area contributed by atoms with Gasteiger partial charge >= 0.3 is 0 Å². The Labute approximate surface area is 111 Å². The smallest absolute Gasteiger partial charge is 0.231 e. The van der Waals surface area contributed by atoms with Crippen LogP contribution in [0.4, 0.5) is 0 Å². The fourth-order valence-electron chi connectivity index (χ4n) is 1.64. The summed E-state index contributed by atoms with van der Waals surface area (Å²) >= 11 is 3.50. The van der Waals surface area contributed by atoms with Crippen molar-refractivity contribution in [1.29, 1.82) is 0 Å². The second kappa shape index (κ2) is 5.27. The maximum atomic E-state index is 5.39. The van der Waals surface area contributed by atoms with Crippen LogP contribution >= 0.6 is 15.9 Å². The lowest BCUT2D eigenvalue weighted by Crippen LogP contribution is -2.30. The second-order valence-corrected chi connectivity index (χ2v) is 5.58. The molecule has 1 unspecified atom stereocenters. The third-order valence-electron chi connectivity index (χ3n) is 3.12. The number of hydrogen-bond donors (Lipinski definition) is 1. The molecule has 1 aromatic carbocycles. The van der Waals surface area contributed by atoms with Crippen molar-refractivity contribution in [2.24, 2.45) is 5.92 Å². The summed E-state index contributed by atoms with van der Waals surface area (Å²) in [5, 5.41) is 3.50. The lowest BCUT2D eigenvalue weighted by molar-refractivity contribution is 0.173. The molecule has 94 valence electrons. The van der Waals surface area contributed by atoms with E-state index in [0.717, 1.165) is 22.5 Å². The maximum absolute atomic E-state index is 5.39. The predicted octanol–water partition coefficient (Wildman–Crippen LogP) is 3.31. The molecular formula is C13H18BrNO2. The van der Waals surface area contributed by atoms with Crippen LogP contribution in [0.5, 0.6) is 11.5 Å². The van der Waals surface area contributed by atoms with Crippen LogP contribution in [0.15, 0.2) is 16.6 Å². The van der Waals surface area contributed by atoms with E-state index >= 15 is 0 Å². The highest BCUT2D eigenvalue weighted by Crippen LogP contribution is 2.39. The number of rotatable bonds is 4. The number of halogens is 1. The normalized spacial score (nSPS) is 15.4. The van der Waals surface area contributed by atoms with E-state index in [4.69, 9.17) is 9.47 Å². The van der Waals surface area contributed by atoms with E-state index in [-0.39, 0.29) is 0 Å². The van der Waals surface area contributed by atoms with Crippen molar-refractivity contribution < 1.29 is 9.47 Å². The molecule has 0 saturated heterocycles. The molecule has 1 aliphatic rings. The Bertz CT molecular complexity index is 407. The molecule has 3 nitrogen and oxygen atoms in total. The van der Waals surface area contributed by atoms with Crippen LogP contribution in [0.1, 0.15) is 26.3 Å². The van der Waals surface area contributed by atoms with E-state index in [1.165, 1.54) is 5.56 Å². The predicted molar refractivity (Wildman–Crippen MR) is 71.4 cm³/mol. The van der Waals surface area contributed by atoms with Gasteiger partial charge in [0.15, 0.2) is 11.5 Å². The molecule has 1 heterocycles. The van der Waals surface area contributed by atoms with E-state index in [9.17, 15) is 0 Å². The number of benzene rings is 1. The number of hydrogen-bond acceptors (Lipinski definition) is 3. The standard InChI is InChI=1S/C13H18BrNO2/c1-8(2)9(3)15-6-10-4-11(14)13-12(5-10)16-7-17-13/h4-5,8-9,15H,6-7H2,1-3H3. The largest absolute Gasteiger partial charge is 0.454 e. The minimum absolute atomic E-state index is 0.313. The lowest BCUT2D eigenvalue weighted by atomic mass is 10.1. The Hall–Kier alpha value is -0.740. The summed E-state index contributed by atoms with van der Waals surface area (Å²) in [6.45, 7) is 7.79. The molecule has 1 atom stereocenters. The van der Waals surface area contributed by atoms with Crippen molar-refractivity contribution in [3.8, 4) is 11.5 Å². The summed E-state index contributed by atoms with van der Waals surface area (Å²) in [4.78, 5) is 0. The van der Waals surface area contributed by atoms with Crippen molar-refractivity contribution in [3.63, 3.8) is 0 Å². The van der Waals surface area contributed by atoms with Gasteiger partial charge in [-0.15, -0.1) is 0 Å². The Balaban J connectivity index is 2.05. The molecule has 4 heteroatoms. The monoisotopic (exact) mass is 299 g/mol. The van der Waals surface area contributed by atoms with Crippen LogP contribution in [0.2, 0.25) is 0 Å². The summed E-state index contributed by atoms with van der Waals surface area (Å²) in [5.41, 5.74) is 1.20. The zero-order valence-electron chi connectivity index (χ0n) is 10.4. The van der Waals surface area contributed by atoms with Gasteiger partial charge in [0.1, 0.15) is 0 Å². The molecule has 0 fully saturated rings. The Kier molecular flexibility index (Phi) is 3.94. The van der Waals surface area contributed by atoms with E-state index < -0.39 is 0 Å². The van der Waals surface area contributed by atoms with Crippen molar-refractivity contribution in [1.82, 2.24) is 5.32 Å². The lowest BCUT2D eigenvalue weighted by Gasteiger charge is -2.17. The fraction of sp³-hybridized carbons (Fsp3) is 0.538. The van der Waals surface area contributed by atoms with Crippen molar-refractivity contribution in [2.45, 2.75) is 33.4 Å². The SMILES string of the molecule is CC(C)C(C)NCc1cc(Br)c2c(c1)OCO2. The first kappa shape index (κ1) is 12.7. The van der Waals surface area contributed by atoms with Crippen LogP contribution in [0.3, 0.4) is 0 Å². The molecule has 0 aliphatic carbocycles. The van der Waals surface area contributed by atoms with Crippen molar-refractivity contribution in [2.75, 3.05) is 6.79 Å². The molecular weight excluding hydrogens is 282 g/mol. The number of ether oxygens (including phenoxy) is 2. The van der Waals surface area contributed by atoms with Gasteiger partial charge in [-0.25, -0.2) is 0 Å². The minimum Gasteiger partial charge on any atom is -0.454 e. The van der Waals surface area contributed by atoms with Gasteiger partial charge in [0.05, 0.1) is 4.47 Å². The summed E-state index contributed by atoms with van der Waals surface area (Å²) < 4.78 is 11.7. The molecule has 17 heavy (non-hydrogen) atoms. The number of nitrogens with one attached hydrogen (secondary N) is 1. The van der Waals surface area contributed by atoms with Crippen LogP contribution in [0, 0.1) is 5.92 Å². The van der Waals surface area contributed by atoms with Crippen LogP contribution in [0.25, 0.3) is 0 Å². The molecule has 0 spiro atoms. The number of fused-ring (bicyclic) bond motifs is 1. The molecule has 0 bridgehead atoms. The zero-order valence-corrected chi connectivity index (χ0v) is 12.0. The van der Waals surface area contributed by atoms with Gasteiger partial charge in [-0.05, 0) is 46.5 Å². The Morgan fingerprint density at radius 3 is 2.76 bits per heavy atom. The van der Waals surface area contributed by atoms with Gasteiger partial charge in [0, 0.05) is 12.6 Å². The Morgan fingerprint density at radius 2 is 2.06 bits per heavy atom. The average Bonchev–Trinajstić information content (AvgIpc) is 2.74. The second-order valence-electron chi connectivity index (χ2n) is 4.73. The quantitative estimate of drug-likeness (QED) is 0.925. The minimum atomic E-state index is 0.313. The highest BCUT2D eigenvalue weighted by atomic mass is 79.9. The third-order valence-corrected chi connectivity index (χ3v) is 3.70. The van der Waals surface area contributed by atoms with Gasteiger partial charge in [-0.2, -0.15) is 0 Å². The van der Waals surface area contributed by atoms with Gasteiger partial charge in [-0.1, -0.05) is 13.8 Å². The maximum Gasteiger partial charge on any atom is 0.231 e. The van der Waals surface area contributed by atoms with Crippen LogP contribution in [-0.2, 0) is 6.54 Å². The van der Waals surface area contributed by atoms with E-state index in [1.807, 2.05) is 6.07 Å². The van der Waals surface area contributed by atoms with Crippen molar-refractivity contribution in [3.05, 3.63) is 22.2 Å². The molecule has 2 rings (SSSR count). The highest BCUT2D eigenvalue weighted by Gasteiger charge is 2.18. The van der Waals surface area contributed by atoms with Gasteiger partial charge in [0.25, 0.3) is 0 Å². The summed E-state index contributed by atoms with van der Waals surface area (Å²) in [5.74, 6) is 2.27. The van der Waals surface area contributed by atoms with Gasteiger partial charge in [0.2, 0.25) is 6.79 Å². The molecule has 1 aliphatic heterocycles. The summed E-state index contributed by atoms with van der Waals surface area (Å²) in [7, 11) is 0. The average molecular weight is 300 g/mol. The topological polar surface area (TPSA) is 30.5 Å². The van der Waals surface area contributed by atoms with Crippen molar-refractivity contribution >= 4 is 15.9 Å². The third kappa shape index (κ3) is 2.93. The molecule has 1 aromatic rings. The van der Waals surface area contributed by atoms with E-state index in [0.29, 0.717) is 18.8 Å². The Morgan fingerprint density at radius 1 is 1.29 bits per heavy atom. The van der Waals surface area contributed by atoms with Crippen LogP contribution in [-0.4, -0.2) is 12.8 Å². The zero-order chi connectivity index (χ0) is 12.4. The van der Waals surface area contributed by atoms with E-state index in [2.05, 4.69) is 48.1 Å². The van der Waals surface area contributed by atoms with Gasteiger partial charge < -0.3 is 14.8 Å². The van der Waals surface area contributed by atoms with Gasteiger partial charge in [-0.3, -0.25) is 0 Å². The fourth-order valence-corrected chi connectivity index (χ4v) is 2.24. The molecule has 1 N–H and O–H groups in total. The highest BCUT2D eigenvalue weighted by molar-refractivity contribution is 9.10. The molecule has 0 aromatic heterocycles. The summed E-state index contributed by atoms with van der Waals surface area (Å²) in [6.07, 6.45) is 0. The van der Waals surface area contributed by atoms with E-state index in [1.54, 1.807) is 0 Å².